The Balaban J connectivity index is 1.89. The number of hydrogen-bond donors (Lipinski definition) is 2. The van der Waals surface area contributed by atoms with Crippen molar-refractivity contribution in [2.75, 3.05) is 10.6 Å². The van der Waals surface area contributed by atoms with Crippen LogP contribution in [0.1, 0.15) is 36.4 Å². The number of nitrogens with one attached hydrogen (secondary N) is 2. The Morgan fingerprint density at radius 1 is 1.33 bits per heavy atom. The summed E-state index contributed by atoms with van der Waals surface area (Å²) >= 11 is 0. The van der Waals surface area contributed by atoms with E-state index in [1.807, 2.05) is 26.0 Å². The number of carbonyl (C=O) groups is 2. The van der Waals surface area contributed by atoms with Gasteiger partial charge in [-0.15, -0.1) is 0 Å². The van der Waals surface area contributed by atoms with E-state index in [0.717, 1.165) is 11.3 Å². The average molecular weight is 284 g/mol. The van der Waals surface area contributed by atoms with Gasteiger partial charge in [-0.05, 0) is 35.9 Å². The van der Waals surface area contributed by atoms with E-state index in [2.05, 4.69) is 10.6 Å². The van der Waals surface area contributed by atoms with E-state index in [1.54, 1.807) is 18.2 Å². The van der Waals surface area contributed by atoms with Crippen LogP contribution in [-0.4, -0.2) is 11.8 Å². The van der Waals surface area contributed by atoms with Gasteiger partial charge in [0.25, 0.3) is 5.91 Å². The van der Waals surface area contributed by atoms with Gasteiger partial charge < -0.3 is 15.1 Å². The molecule has 0 atom stereocenters. The zero-order chi connectivity index (χ0) is 15.0. The molecule has 0 radical (unpaired) electrons. The Hall–Kier alpha value is -2.56. The fourth-order valence-corrected chi connectivity index (χ4v) is 2.58. The molecule has 1 aromatic carbocycles. The molecule has 0 aliphatic carbocycles. The lowest BCUT2D eigenvalue weighted by atomic mass is 9.78. The van der Waals surface area contributed by atoms with Gasteiger partial charge in [0.2, 0.25) is 5.91 Å². The summed E-state index contributed by atoms with van der Waals surface area (Å²) in [6.45, 7) is 4.03. The number of rotatable bonds is 2. The first-order valence-electron chi connectivity index (χ1n) is 6.75. The van der Waals surface area contributed by atoms with Crippen LogP contribution in [0, 0.1) is 0 Å². The molecule has 1 aliphatic rings. The Bertz CT molecular complexity index is 702. The first-order chi connectivity index (χ1) is 9.95. The van der Waals surface area contributed by atoms with Crippen molar-refractivity contribution in [3.05, 3.63) is 47.9 Å². The summed E-state index contributed by atoms with van der Waals surface area (Å²) < 4.78 is 5.07. The van der Waals surface area contributed by atoms with Crippen molar-refractivity contribution >= 4 is 23.2 Å². The van der Waals surface area contributed by atoms with Crippen molar-refractivity contribution in [3.8, 4) is 0 Å². The zero-order valence-electron chi connectivity index (χ0n) is 11.9. The van der Waals surface area contributed by atoms with Gasteiger partial charge in [0.05, 0.1) is 6.26 Å². The molecule has 1 aromatic heterocycles. The Morgan fingerprint density at radius 3 is 2.86 bits per heavy atom. The quantitative estimate of drug-likeness (QED) is 0.889. The number of amides is 2. The Labute approximate surface area is 122 Å². The van der Waals surface area contributed by atoms with Crippen LogP contribution >= 0.6 is 0 Å². The van der Waals surface area contributed by atoms with Crippen molar-refractivity contribution in [2.24, 2.45) is 0 Å². The fraction of sp³-hybridized carbons (Fsp3) is 0.250. The second kappa shape index (κ2) is 4.77. The number of anilines is 2. The van der Waals surface area contributed by atoms with Gasteiger partial charge >= 0.3 is 0 Å². The number of hydrogen-bond acceptors (Lipinski definition) is 3. The maximum absolute atomic E-state index is 12.0. The average Bonchev–Trinajstić information content (AvgIpc) is 2.92. The molecule has 0 bridgehead atoms. The van der Waals surface area contributed by atoms with Crippen LogP contribution in [0.25, 0.3) is 0 Å². The van der Waals surface area contributed by atoms with E-state index in [0.29, 0.717) is 12.1 Å². The van der Waals surface area contributed by atoms with Crippen molar-refractivity contribution in [1.82, 2.24) is 0 Å². The van der Waals surface area contributed by atoms with Crippen LogP contribution in [0.15, 0.2) is 41.0 Å². The fourth-order valence-electron chi connectivity index (χ4n) is 2.58. The largest absolute Gasteiger partial charge is 0.459 e. The first-order valence-corrected chi connectivity index (χ1v) is 6.75. The molecule has 0 saturated heterocycles. The predicted molar refractivity (Wildman–Crippen MR) is 79.4 cm³/mol. The molecule has 3 rings (SSSR count). The van der Waals surface area contributed by atoms with E-state index >= 15 is 0 Å². The molecule has 0 spiro atoms. The highest BCUT2D eigenvalue weighted by atomic mass is 16.3. The summed E-state index contributed by atoms with van der Waals surface area (Å²) in [7, 11) is 0. The third-order valence-electron chi connectivity index (χ3n) is 3.63. The molecule has 5 heteroatoms. The first kappa shape index (κ1) is 13.4. The van der Waals surface area contributed by atoms with Crippen molar-refractivity contribution in [2.45, 2.75) is 25.7 Å². The number of fused-ring (bicyclic) bond motifs is 1. The summed E-state index contributed by atoms with van der Waals surface area (Å²) in [5.74, 6) is -0.0160. The number of furan rings is 1. The van der Waals surface area contributed by atoms with E-state index in [1.165, 1.54) is 6.26 Å². The van der Waals surface area contributed by atoms with Crippen LogP contribution in [0.3, 0.4) is 0 Å². The second-order valence-electron chi connectivity index (χ2n) is 5.80. The van der Waals surface area contributed by atoms with Crippen molar-refractivity contribution < 1.29 is 14.0 Å². The van der Waals surface area contributed by atoms with Gasteiger partial charge in [-0.3, -0.25) is 9.59 Å². The summed E-state index contributed by atoms with van der Waals surface area (Å²) in [6.07, 6.45) is 1.88. The van der Waals surface area contributed by atoms with Crippen molar-refractivity contribution in [1.29, 1.82) is 0 Å². The molecule has 108 valence electrons. The zero-order valence-corrected chi connectivity index (χ0v) is 11.9. The summed E-state index contributed by atoms with van der Waals surface area (Å²) in [5.41, 5.74) is 2.23. The van der Waals surface area contributed by atoms with Crippen LogP contribution in [0.2, 0.25) is 0 Å². The summed E-state index contributed by atoms with van der Waals surface area (Å²) in [5, 5.41) is 5.65. The van der Waals surface area contributed by atoms with Crippen LogP contribution in [0.4, 0.5) is 11.4 Å². The highest BCUT2D eigenvalue weighted by Gasteiger charge is 2.32. The van der Waals surface area contributed by atoms with E-state index in [9.17, 15) is 9.59 Å². The Kier molecular flexibility index (Phi) is 3.05. The maximum Gasteiger partial charge on any atom is 0.291 e. The standard InChI is InChI=1S/C16H16N2O3/c1-16(2)9-14(19)18-12-6-5-10(8-11(12)16)17-15(20)13-4-3-7-21-13/h3-8H,9H2,1-2H3,(H,17,20)(H,18,19). The smallest absolute Gasteiger partial charge is 0.291 e. The number of carbonyl (C=O) groups excluding carboxylic acids is 2. The summed E-state index contributed by atoms with van der Waals surface area (Å²) in [6, 6.07) is 8.75. The molecular formula is C16H16N2O3. The lowest BCUT2D eigenvalue weighted by Crippen LogP contribution is -2.32. The third kappa shape index (κ3) is 2.54. The molecule has 2 heterocycles. The predicted octanol–water partition coefficient (Wildman–Crippen LogP) is 3.15. The lowest BCUT2D eigenvalue weighted by molar-refractivity contribution is -0.117. The van der Waals surface area contributed by atoms with E-state index < -0.39 is 0 Å². The second-order valence-corrected chi connectivity index (χ2v) is 5.80. The van der Waals surface area contributed by atoms with Gasteiger partial charge in [0, 0.05) is 23.2 Å². The minimum absolute atomic E-state index is 0.0138. The number of benzene rings is 1. The topological polar surface area (TPSA) is 71.3 Å². The molecule has 5 nitrogen and oxygen atoms in total. The Morgan fingerprint density at radius 2 is 2.14 bits per heavy atom. The summed E-state index contributed by atoms with van der Waals surface area (Å²) in [4.78, 5) is 23.6. The van der Waals surface area contributed by atoms with Gasteiger partial charge in [-0.25, -0.2) is 0 Å². The molecule has 0 unspecified atom stereocenters. The lowest BCUT2D eigenvalue weighted by Gasteiger charge is -2.32. The minimum atomic E-state index is -0.294. The molecule has 0 saturated carbocycles. The third-order valence-corrected chi connectivity index (χ3v) is 3.63. The van der Waals surface area contributed by atoms with Gasteiger partial charge in [-0.1, -0.05) is 13.8 Å². The van der Waals surface area contributed by atoms with Gasteiger partial charge in [0.15, 0.2) is 5.76 Å². The van der Waals surface area contributed by atoms with E-state index in [4.69, 9.17) is 4.42 Å². The molecule has 21 heavy (non-hydrogen) atoms. The van der Waals surface area contributed by atoms with Crippen molar-refractivity contribution in [3.63, 3.8) is 0 Å². The molecule has 1 aliphatic heterocycles. The molecule has 2 aromatic rings. The minimum Gasteiger partial charge on any atom is -0.459 e. The normalized spacial score (nSPS) is 16.0. The van der Waals surface area contributed by atoms with Crippen LogP contribution in [-0.2, 0) is 10.2 Å². The van der Waals surface area contributed by atoms with Gasteiger partial charge in [0.1, 0.15) is 0 Å². The maximum atomic E-state index is 12.0. The van der Waals surface area contributed by atoms with Crippen LogP contribution < -0.4 is 10.6 Å². The molecule has 2 N–H and O–H groups in total. The van der Waals surface area contributed by atoms with Gasteiger partial charge in [-0.2, -0.15) is 0 Å². The van der Waals surface area contributed by atoms with E-state index in [-0.39, 0.29) is 23.0 Å². The highest BCUT2D eigenvalue weighted by molar-refractivity contribution is 6.03. The molecule has 0 fully saturated rings. The van der Waals surface area contributed by atoms with Crippen LogP contribution in [0.5, 0.6) is 0 Å². The molecular weight excluding hydrogens is 268 g/mol. The molecule has 2 amide bonds. The highest BCUT2D eigenvalue weighted by Crippen LogP contribution is 2.38. The SMILES string of the molecule is CC1(C)CC(=O)Nc2ccc(NC(=O)c3ccco3)cc21. The monoisotopic (exact) mass is 284 g/mol.